The van der Waals surface area contributed by atoms with Crippen molar-refractivity contribution in [3.63, 3.8) is 0 Å². The normalized spacial score (nSPS) is 11.3. The van der Waals surface area contributed by atoms with Crippen LogP contribution in [0, 0.1) is 5.82 Å². The van der Waals surface area contributed by atoms with Gasteiger partial charge in [0.15, 0.2) is 0 Å². The standard InChI is InChI=1S/C16H11FN4O/c17-10-1-8(2-11(22)4-10)9-3-13-12-5-15(18)19-7-14(12)21-16(13)20-6-9/h1-7,22H,(H2,18,19)(H,20,21). The number of aromatic amines is 1. The molecular formula is C16H11FN4O. The number of aromatic hydroxyl groups is 1. The first-order valence-electron chi connectivity index (χ1n) is 6.63. The minimum absolute atomic E-state index is 0.123. The SMILES string of the molecule is Nc1cc2c(cn1)[nH]c1ncc(-c3cc(O)cc(F)c3)cc12. The number of nitrogens with one attached hydrogen (secondary N) is 1. The van der Waals surface area contributed by atoms with Crippen molar-refractivity contribution in [1.82, 2.24) is 15.0 Å². The fourth-order valence-electron chi connectivity index (χ4n) is 2.59. The Morgan fingerprint density at radius 3 is 2.64 bits per heavy atom. The third kappa shape index (κ3) is 1.93. The summed E-state index contributed by atoms with van der Waals surface area (Å²) < 4.78 is 13.5. The summed E-state index contributed by atoms with van der Waals surface area (Å²) in [4.78, 5) is 11.6. The van der Waals surface area contributed by atoms with Crippen molar-refractivity contribution in [2.45, 2.75) is 0 Å². The van der Waals surface area contributed by atoms with Crippen molar-refractivity contribution in [3.8, 4) is 16.9 Å². The molecule has 0 aliphatic rings. The highest BCUT2D eigenvalue weighted by Gasteiger charge is 2.09. The summed E-state index contributed by atoms with van der Waals surface area (Å²) in [6.07, 6.45) is 3.28. The first-order chi connectivity index (χ1) is 10.6. The molecule has 0 saturated carbocycles. The molecule has 0 unspecified atom stereocenters. The number of hydrogen-bond acceptors (Lipinski definition) is 4. The van der Waals surface area contributed by atoms with Crippen molar-refractivity contribution in [1.29, 1.82) is 0 Å². The number of halogens is 1. The van der Waals surface area contributed by atoms with E-state index in [1.165, 1.54) is 12.1 Å². The summed E-state index contributed by atoms with van der Waals surface area (Å²) >= 11 is 0. The molecule has 0 aliphatic carbocycles. The van der Waals surface area contributed by atoms with E-state index in [1.54, 1.807) is 18.5 Å². The second-order valence-electron chi connectivity index (χ2n) is 5.10. The lowest BCUT2D eigenvalue weighted by molar-refractivity contribution is 0.469. The Morgan fingerprint density at radius 2 is 1.82 bits per heavy atom. The number of anilines is 1. The number of nitrogen functional groups attached to an aromatic ring is 1. The topological polar surface area (TPSA) is 87.8 Å². The number of benzene rings is 1. The predicted molar refractivity (Wildman–Crippen MR) is 82.9 cm³/mol. The van der Waals surface area contributed by atoms with E-state index in [2.05, 4.69) is 15.0 Å². The minimum atomic E-state index is -0.498. The zero-order chi connectivity index (χ0) is 15.3. The van der Waals surface area contributed by atoms with Gasteiger partial charge in [0.2, 0.25) is 0 Å². The fourth-order valence-corrected chi connectivity index (χ4v) is 2.59. The minimum Gasteiger partial charge on any atom is -0.508 e. The van der Waals surface area contributed by atoms with Crippen LogP contribution in [0.25, 0.3) is 33.1 Å². The van der Waals surface area contributed by atoms with Gasteiger partial charge in [0.25, 0.3) is 0 Å². The largest absolute Gasteiger partial charge is 0.508 e. The molecule has 1 aromatic carbocycles. The second kappa shape index (κ2) is 4.42. The lowest BCUT2D eigenvalue weighted by Crippen LogP contribution is -1.87. The van der Waals surface area contributed by atoms with E-state index in [0.717, 1.165) is 22.4 Å². The summed E-state index contributed by atoms with van der Waals surface area (Å²) in [5.41, 5.74) is 8.53. The smallest absolute Gasteiger partial charge is 0.138 e. The van der Waals surface area contributed by atoms with E-state index < -0.39 is 5.82 Å². The number of aromatic nitrogens is 3. The average Bonchev–Trinajstić information content (AvgIpc) is 2.83. The highest BCUT2D eigenvalue weighted by Crippen LogP contribution is 2.30. The molecule has 22 heavy (non-hydrogen) atoms. The Hall–Kier alpha value is -3.15. The van der Waals surface area contributed by atoms with Gasteiger partial charge in [0, 0.05) is 28.6 Å². The van der Waals surface area contributed by atoms with Crippen LogP contribution in [-0.2, 0) is 0 Å². The summed E-state index contributed by atoms with van der Waals surface area (Å²) in [6.45, 7) is 0. The monoisotopic (exact) mass is 294 g/mol. The molecule has 3 heterocycles. The van der Waals surface area contributed by atoms with Crippen LogP contribution in [0.2, 0.25) is 0 Å². The zero-order valence-corrected chi connectivity index (χ0v) is 11.3. The number of phenolic OH excluding ortho intramolecular Hbond substituents is 1. The highest BCUT2D eigenvalue weighted by atomic mass is 19.1. The summed E-state index contributed by atoms with van der Waals surface area (Å²) in [5, 5.41) is 11.3. The van der Waals surface area contributed by atoms with E-state index in [-0.39, 0.29) is 5.75 Å². The average molecular weight is 294 g/mol. The molecular weight excluding hydrogens is 283 g/mol. The van der Waals surface area contributed by atoms with E-state index >= 15 is 0 Å². The molecule has 0 spiro atoms. The number of fused-ring (bicyclic) bond motifs is 3. The summed E-state index contributed by atoms with van der Waals surface area (Å²) in [6, 6.07) is 7.56. The van der Waals surface area contributed by atoms with Gasteiger partial charge in [-0.2, -0.15) is 0 Å². The number of nitrogens with zero attached hydrogens (tertiary/aromatic N) is 2. The van der Waals surface area contributed by atoms with Gasteiger partial charge in [-0.05, 0) is 29.8 Å². The maximum atomic E-state index is 13.5. The molecule has 0 saturated heterocycles. The summed E-state index contributed by atoms with van der Waals surface area (Å²) in [7, 11) is 0. The second-order valence-corrected chi connectivity index (χ2v) is 5.10. The fraction of sp³-hybridized carbons (Fsp3) is 0. The van der Waals surface area contributed by atoms with Crippen LogP contribution in [0.1, 0.15) is 0 Å². The lowest BCUT2D eigenvalue weighted by atomic mass is 10.1. The first kappa shape index (κ1) is 12.6. The Morgan fingerprint density at radius 1 is 0.955 bits per heavy atom. The van der Waals surface area contributed by atoms with Crippen LogP contribution in [0.3, 0.4) is 0 Å². The van der Waals surface area contributed by atoms with Crippen molar-refractivity contribution in [2.75, 3.05) is 5.73 Å². The maximum absolute atomic E-state index is 13.5. The van der Waals surface area contributed by atoms with Gasteiger partial charge in [-0.15, -0.1) is 0 Å². The third-order valence-corrected chi connectivity index (χ3v) is 3.57. The number of H-pyrrole nitrogens is 1. The van der Waals surface area contributed by atoms with Gasteiger partial charge in [0.1, 0.15) is 23.0 Å². The molecule has 0 bridgehead atoms. The Kier molecular flexibility index (Phi) is 2.53. The van der Waals surface area contributed by atoms with Crippen molar-refractivity contribution in [2.24, 2.45) is 0 Å². The molecule has 3 aromatic heterocycles. The van der Waals surface area contributed by atoms with E-state index in [0.29, 0.717) is 22.6 Å². The number of phenols is 1. The maximum Gasteiger partial charge on any atom is 0.138 e. The molecule has 0 atom stereocenters. The van der Waals surface area contributed by atoms with Crippen LogP contribution in [-0.4, -0.2) is 20.1 Å². The molecule has 4 aromatic rings. The molecule has 0 amide bonds. The molecule has 0 fully saturated rings. The van der Waals surface area contributed by atoms with E-state index in [9.17, 15) is 9.50 Å². The van der Waals surface area contributed by atoms with Crippen LogP contribution in [0.4, 0.5) is 10.2 Å². The molecule has 0 aliphatic heterocycles. The summed E-state index contributed by atoms with van der Waals surface area (Å²) in [5.74, 6) is -0.202. The van der Waals surface area contributed by atoms with Crippen molar-refractivity contribution in [3.05, 3.63) is 48.5 Å². The first-order valence-corrected chi connectivity index (χ1v) is 6.63. The molecule has 6 heteroatoms. The van der Waals surface area contributed by atoms with Gasteiger partial charge in [-0.3, -0.25) is 0 Å². The Labute approximate surface area is 124 Å². The Bertz CT molecular complexity index is 1010. The van der Waals surface area contributed by atoms with Crippen molar-refractivity contribution < 1.29 is 9.50 Å². The van der Waals surface area contributed by atoms with Crippen LogP contribution < -0.4 is 5.73 Å². The molecule has 4 rings (SSSR count). The zero-order valence-electron chi connectivity index (χ0n) is 11.3. The quantitative estimate of drug-likeness (QED) is 0.503. The molecule has 0 radical (unpaired) electrons. The number of hydrogen-bond donors (Lipinski definition) is 3. The molecule has 108 valence electrons. The van der Waals surface area contributed by atoms with E-state index in [4.69, 9.17) is 5.73 Å². The number of pyridine rings is 2. The number of rotatable bonds is 1. The van der Waals surface area contributed by atoms with Gasteiger partial charge in [-0.25, -0.2) is 14.4 Å². The number of nitrogens with two attached hydrogens (primary N) is 1. The van der Waals surface area contributed by atoms with Crippen LogP contribution >= 0.6 is 0 Å². The third-order valence-electron chi connectivity index (χ3n) is 3.57. The van der Waals surface area contributed by atoms with Gasteiger partial charge in [-0.1, -0.05) is 0 Å². The Balaban J connectivity index is 1.99. The van der Waals surface area contributed by atoms with Crippen LogP contribution in [0.5, 0.6) is 5.75 Å². The lowest BCUT2D eigenvalue weighted by Gasteiger charge is -2.03. The van der Waals surface area contributed by atoms with Gasteiger partial charge >= 0.3 is 0 Å². The van der Waals surface area contributed by atoms with Gasteiger partial charge < -0.3 is 15.8 Å². The molecule has 4 N–H and O–H groups in total. The van der Waals surface area contributed by atoms with Crippen molar-refractivity contribution >= 4 is 27.8 Å². The van der Waals surface area contributed by atoms with Crippen LogP contribution in [0.15, 0.2) is 42.7 Å². The predicted octanol–water partition coefficient (Wildman–Crippen LogP) is 3.21. The van der Waals surface area contributed by atoms with E-state index in [1.807, 2.05) is 6.07 Å². The highest BCUT2D eigenvalue weighted by molar-refractivity contribution is 6.07. The molecule has 5 nitrogen and oxygen atoms in total. The van der Waals surface area contributed by atoms with Gasteiger partial charge in [0.05, 0.1) is 11.7 Å².